The van der Waals surface area contributed by atoms with Crippen molar-refractivity contribution in [3.63, 3.8) is 0 Å². The van der Waals surface area contributed by atoms with Crippen molar-refractivity contribution in [2.24, 2.45) is 5.84 Å². The molecule has 8 heteroatoms. The lowest BCUT2D eigenvalue weighted by Gasteiger charge is -2.11. The van der Waals surface area contributed by atoms with Gasteiger partial charge in [0.1, 0.15) is 16.6 Å². The summed E-state index contributed by atoms with van der Waals surface area (Å²) in [6.45, 7) is 0. The van der Waals surface area contributed by atoms with Gasteiger partial charge < -0.3 is 10.7 Å². The van der Waals surface area contributed by atoms with E-state index in [1.165, 1.54) is 6.33 Å². The van der Waals surface area contributed by atoms with Crippen LogP contribution in [0.15, 0.2) is 29.0 Å². The van der Waals surface area contributed by atoms with Crippen LogP contribution in [0, 0.1) is 11.3 Å². The summed E-state index contributed by atoms with van der Waals surface area (Å²) in [6, 6.07) is 6.94. The fourth-order valence-corrected chi connectivity index (χ4v) is 2.02. The molecule has 19 heavy (non-hydrogen) atoms. The summed E-state index contributed by atoms with van der Waals surface area (Å²) >= 11 is 9.40. The molecule has 4 N–H and O–H groups in total. The van der Waals surface area contributed by atoms with E-state index >= 15 is 0 Å². The Hall–Kier alpha value is -1.88. The molecule has 2 rings (SSSR count). The lowest BCUT2D eigenvalue weighted by molar-refractivity contribution is 1.12. The van der Waals surface area contributed by atoms with Crippen LogP contribution in [-0.2, 0) is 0 Å². The maximum Gasteiger partial charge on any atom is 0.159 e. The van der Waals surface area contributed by atoms with Gasteiger partial charge in [0.05, 0.1) is 22.3 Å². The number of rotatable bonds is 3. The average molecular weight is 340 g/mol. The summed E-state index contributed by atoms with van der Waals surface area (Å²) in [5.41, 5.74) is 3.56. The van der Waals surface area contributed by atoms with Crippen LogP contribution in [0.2, 0.25) is 5.02 Å². The summed E-state index contributed by atoms with van der Waals surface area (Å²) in [6.07, 6.45) is 1.36. The van der Waals surface area contributed by atoms with Crippen LogP contribution in [0.3, 0.4) is 0 Å². The predicted octanol–water partition coefficient (Wildman–Crippen LogP) is 2.79. The van der Waals surface area contributed by atoms with E-state index < -0.39 is 0 Å². The Balaban J connectivity index is 2.34. The third-order valence-corrected chi connectivity index (χ3v) is 3.34. The minimum Gasteiger partial charge on any atom is -0.338 e. The zero-order chi connectivity index (χ0) is 13.8. The van der Waals surface area contributed by atoms with E-state index in [0.29, 0.717) is 32.4 Å². The third kappa shape index (κ3) is 2.93. The molecule has 0 aliphatic carbocycles. The van der Waals surface area contributed by atoms with Gasteiger partial charge in [-0.1, -0.05) is 11.6 Å². The van der Waals surface area contributed by atoms with Crippen LogP contribution in [0.25, 0.3) is 0 Å². The Morgan fingerprint density at radius 1 is 1.32 bits per heavy atom. The molecule has 0 bridgehead atoms. The number of anilines is 3. The molecule has 1 heterocycles. The van der Waals surface area contributed by atoms with Crippen molar-refractivity contribution in [1.82, 2.24) is 9.97 Å². The lowest BCUT2D eigenvalue weighted by atomic mass is 10.2. The van der Waals surface area contributed by atoms with E-state index in [1.54, 1.807) is 18.2 Å². The third-order valence-electron chi connectivity index (χ3n) is 2.28. The van der Waals surface area contributed by atoms with Crippen LogP contribution >= 0.6 is 27.5 Å². The fourth-order valence-electron chi connectivity index (χ4n) is 1.37. The molecule has 0 saturated carbocycles. The van der Waals surface area contributed by atoms with Crippen molar-refractivity contribution in [2.75, 3.05) is 10.7 Å². The molecule has 0 aliphatic heterocycles. The summed E-state index contributed by atoms with van der Waals surface area (Å²) in [7, 11) is 0. The Morgan fingerprint density at radius 2 is 2.05 bits per heavy atom. The predicted molar refractivity (Wildman–Crippen MR) is 77.0 cm³/mol. The Morgan fingerprint density at radius 3 is 2.68 bits per heavy atom. The number of halogens is 2. The lowest BCUT2D eigenvalue weighted by Crippen LogP contribution is -2.10. The first-order valence-corrected chi connectivity index (χ1v) is 6.26. The standard InChI is InChI=1S/C11H8BrClN6/c12-9-10(16-5-17-11(9)19-15)18-8-2-1-6(4-14)3-7(8)13/h1-3,5H,15H2,(H2,16,17,18,19). The number of nitrogens with one attached hydrogen (secondary N) is 2. The quantitative estimate of drug-likeness (QED) is 0.587. The molecular weight excluding hydrogens is 332 g/mol. The number of hydrazine groups is 1. The van der Waals surface area contributed by atoms with E-state index in [-0.39, 0.29) is 0 Å². The molecule has 0 spiro atoms. The molecule has 1 aromatic heterocycles. The highest BCUT2D eigenvalue weighted by atomic mass is 79.9. The van der Waals surface area contributed by atoms with Gasteiger partial charge >= 0.3 is 0 Å². The molecule has 1 aromatic carbocycles. The van der Waals surface area contributed by atoms with E-state index in [9.17, 15) is 0 Å². The van der Waals surface area contributed by atoms with Gasteiger partial charge in [0.2, 0.25) is 0 Å². The molecule has 96 valence electrons. The second kappa shape index (κ2) is 5.84. The summed E-state index contributed by atoms with van der Waals surface area (Å²) in [5, 5.41) is 12.2. The molecule has 0 fully saturated rings. The number of hydrogen-bond acceptors (Lipinski definition) is 6. The molecule has 0 unspecified atom stereocenters. The molecule has 0 saturated heterocycles. The number of nitrogen functional groups attached to an aromatic ring is 1. The van der Waals surface area contributed by atoms with Gasteiger partial charge in [-0.2, -0.15) is 5.26 Å². The number of nitrogens with zero attached hydrogens (tertiary/aromatic N) is 3. The van der Waals surface area contributed by atoms with Gasteiger partial charge in [0.25, 0.3) is 0 Å². The zero-order valence-electron chi connectivity index (χ0n) is 9.48. The summed E-state index contributed by atoms with van der Waals surface area (Å²) in [5.74, 6) is 6.28. The smallest absolute Gasteiger partial charge is 0.159 e. The van der Waals surface area contributed by atoms with Crippen molar-refractivity contribution in [3.8, 4) is 6.07 Å². The van der Waals surface area contributed by atoms with E-state index in [1.807, 2.05) is 6.07 Å². The number of nitriles is 1. The molecule has 2 aromatic rings. The van der Waals surface area contributed by atoms with Crippen molar-refractivity contribution in [2.45, 2.75) is 0 Å². The van der Waals surface area contributed by atoms with Gasteiger partial charge in [0, 0.05) is 0 Å². The number of hydrogen-bond donors (Lipinski definition) is 3. The monoisotopic (exact) mass is 338 g/mol. The largest absolute Gasteiger partial charge is 0.338 e. The van der Waals surface area contributed by atoms with Gasteiger partial charge in [-0.3, -0.25) is 0 Å². The maximum atomic E-state index is 8.78. The number of aromatic nitrogens is 2. The molecule has 0 amide bonds. The van der Waals surface area contributed by atoms with Crippen LogP contribution in [0.4, 0.5) is 17.3 Å². The number of benzene rings is 1. The first-order chi connectivity index (χ1) is 9.15. The Kier molecular flexibility index (Phi) is 4.16. The van der Waals surface area contributed by atoms with Gasteiger partial charge in [0.15, 0.2) is 5.82 Å². The van der Waals surface area contributed by atoms with Crippen LogP contribution in [0.5, 0.6) is 0 Å². The second-order valence-electron chi connectivity index (χ2n) is 3.46. The second-order valence-corrected chi connectivity index (χ2v) is 4.66. The molecule has 0 atom stereocenters. The minimum atomic E-state index is 0.423. The summed E-state index contributed by atoms with van der Waals surface area (Å²) in [4.78, 5) is 8.02. The van der Waals surface area contributed by atoms with Crippen LogP contribution < -0.4 is 16.6 Å². The van der Waals surface area contributed by atoms with Crippen molar-refractivity contribution < 1.29 is 0 Å². The van der Waals surface area contributed by atoms with E-state index in [4.69, 9.17) is 22.7 Å². The zero-order valence-corrected chi connectivity index (χ0v) is 11.8. The fraction of sp³-hybridized carbons (Fsp3) is 0. The Labute approximate surface area is 122 Å². The number of nitrogens with two attached hydrogens (primary N) is 1. The van der Waals surface area contributed by atoms with Crippen LogP contribution in [0.1, 0.15) is 5.56 Å². The highest BCUT2D eigenvalue weighted by Gasteiger charge is 2.09. The molecular formula is C11H8BrClN6. The van der Waals surface area contributed by atoms with Gasteiger partial charge in [-0.05, 0) is 34.1 Å². The first-order valence-electron chi connectivity index (χ1n) is 5.09. The van der Waals surface area contributed by atoms with Gasteiger partial charge in [-0.15, -0.1) is 0 Å². The topological polar surface area (TPSA) is 99.6 Å². The minimum absolute atomic E-state index is 0.423. The summed E-state index contributed by atoms with van der Waals surface area (Å²) < 4.78 is 0.581. The maximum absolute atomic E-state index is 8.78. The van der Waals surface area contributed by atoms with E-state index in [2.05, 4.69) is 36.6 Å². The van der Waals surface area contributed by atoms with Gasteiger partial charge in [-0.25, -0.2) is 15.8 Å². The Bertz CT molecular complexity index is 654. The van der Waals surface area contributed by atoms with Crippen LogP contribution in [-0.4, -0.2) is 9.97 Å². The van der Waals surface area contributed by atoms with E-state index in [0.717, 1.165) is 0 Å². The molecule has 0 aliphatic rings. The average Bonchev–Trinajstić information content (AvgIpc) is 2.43. The SMILES string of the molecule is N#Cc1ccc(Nc2ncnc(NN)c2Br)c(Cl)c1. The first kappa shape index (κ1) is 13.5. The van der Waals surface area contributed by atoms with Crippen molar-refractivity contribution in [1.29, 1.82) is 5.26 Å². The normalized spacial score (nSPS) is 9.79. The highest BCUT2D eigenvalue weighted by Crippen LogP contribution is 2.31. The highest BCUT2D eigenvalue weighted by molar-refractivity contribution is 9.10. The van der Waals surface area contributed by atoms with Crippen molar-refractivity contribution in [3.05, 3.63) is 39.6 Å². The molecule has 0 radical (unpaired) electrons. The van der Waals surface area contributed by atoms with Crippen molar-refractivity contribution >= 4 is 44.9 Å². The molecule has 6 nitrogen and oxygen atoms in total.